The van der Waals surface area contributed by atoms with Gasteiger partial charge < -0.3 is 15.2 Å². The summed E-state index contributed by atoms with van der Waals surface area (Å²) in [6.07, 6.45) is 4.67. The Balaban J connectivity index is 1.53. The molecule has 3 rings (SSSR count). The molecule has 0 saturated heterocycles. The molecule has 1 saturated carbocycles. The van der Waals surface area contributed by atoms with Crippen LogP contribution >= 0.6 is 11.8 Å². The van der Waals surface area contributed by atoms with Gasteiger partial charge in [-0.1, -0.05) is 49.2 Å². The first-order valence-corrected chi connectivity index (χ1v) is 11.5. The van der Waals surface area contributed by atoms with Crippen molar-refractivity contribution in [2.75, 3.05) is 5.75 Å². The summed E-state index contributed by atoms with van der Waals surface area (Å²) >= 11 is 1.36. The minimum Gasteiger partial charge on any atom is -0.352 e. The molecule has 0 radical (unpaired) electrons. The van der Waals surface area contributed by atoms with Gasteiger partial charge in [0, 0.05) is 18.7 Å². The summed E-state index contributed by atoms with van der Waals surface area (Å²) in [6, 6.07) is 7.41. The Bertz CT molecular complexity index is 880. The largest absolute Gasteiger partial charge is 0.352 e. The first-order valence-electron chi connectivity index (χ1n) is 10.5. The van der Waals surface area contributed by atoms with Gasteiger partial charge in [0.15, 0.2) is 11.0 Å². The number of thioether (sulfide) groups is 1. The van der Waals surface area contributed by atoms with E-state index in [0.717, 1.165) is 12.0 Å². The van der Waals surface area contributed by atoms with E-state index in [1.807, 2.05) is 37.6 Å². The SMILES string of the molecule is Cc1ccc(C(=O)N[C@H](C)c2nnc(SCC(=O)N[C@@H]3CCCC[C@@H]3C)n2C)cc1. The van der Waals surface area contributed by atoms with Crippen LogP contribution in [0.3, 0.4) is 0 Å². The van der Waals surface area contributed by atoms with E-state index in [9.17, 15) is 9.59 Å². The van der Waals surface area contributed by atoms with Crippen molar-refractivity contribution in [2.24, 2.45) is 13.0 Å². The van der Waals surface area contributed by atoms with Crippen LogP contribution in [-0.4, -0.2) is 38.4 Å². The predicted octanol–water partition coefficient (Wildman–Crippen LogP) is 3.40. The Morgan fingerprint density at radius 2 is 1.90 bits per heavy atom. The molecule has 2 N–H and O–H groups in total. The van der Waals surface area contributed by atoms with E-state index in [4.69, 9.17) is 0 Å². The molecule has 0 unspecified atom stereocenters. The second kappa shape index (κ2) is 10.1. The Morgan fingerprint density at radius 1 is 1.20 bits per heavy atom. The van der Waals surface area contributed by atoms with Crippen molar-refractivity contribution < 1.29 is 9.59 Å². The molecule has 1 aromatic carbocycles. The van der Waals surface area contributed by atoms with Gasteiger partial charge in [0.25, 0.3) is 5.91 Å². The summed E-state index contributed by atoms with van der Waals surface area (Å²) in [6.45, 7) is 6.07. The maximum atomic E-state index is 12.5. The van der Waals surface area contributed by atoms with Crippen LogP contribution < -0.4 is 10.6 Å². The highest BCUT2D eigenvalue weighted by Crippen LogP contribution is 2.24. The summed E-state index contributed by atoms with van der Waals surface area (Å²) in [5, 5.41) is 15.2. The van der Waals surface area contributed by atoms with E-state index in [0.29, 0.717) is 28.2 Å². The van der Waals surface area contributed by atoms with E-state index in [2.05, 4.69) is 27.8 Å². The smallest absolute Gasteiger partial charge is 0.251 e. The molecule has 0 bridgehead atoms. The van der Waals surface area contributed by atoms with Crippen LogP contribution in [0, 0.1) is 12.8 Å². The molecule has 3 atom stereocenters. The highest BCUT2D eigenvalue weighted by Gasteiger charge is 2.23. The minimum atomic E-state index is -0.303. The summed E-state index contributed by atoms with van der Waals surface area (Å²) in [5.74, 6) is 1.37. The average Bonchev–Trinajstić information content (AvgIpc) is 3.09. The van der Waals surface area contributed by atoms with Gasteiger partial charge in [-0.15, -0.1) is 10.2 Å². The van der Waals surface area contributed by atoms with Crippen LogP contribution in [0.5, 0.6) is 0 Å². The second-order valence-electron chi connectivity index (χ2n) is 8.19. The molecule has 2 amide bonds. The van der Waals surface area contributed by atoms with E-state index in [-0.39, 0.29) is 23.9 Å². The zero-order chi connectivity index (χ0) is 21.7. The number of nitrogens with one attached hydrogen (secondary N) is 2. The van der Waals surface area contributed by atoms with Crippen molar-refractivity contribution in [2.45, 2.75) is 63.7 Å². The van der Waals surface area contributed by atoms with E-state index >= 15 is 0 Å². The molecule has 7 nitrogen and oxygen atoms in total. The zero-order valence-electron chi connectivity index (χ0n) is 18.1. The van der Waals surface area contributed by atoms with Gasteiger partial charge in [-0.05, 0) is 44.7 Å². The Morgan fingerprint density at radius 3 is 2.60 bits per heavy atom. The van der Waals surface area contributed by atoms with Crippen LogP contribution in [0.1, 0.15) is 67.3 Å². The number of amides is 2. The fourth-order valence-electron chi connectivity index (χ4n) is 3.79. The number of carbonyl (C=O) groups is 2. The van der Waals surface area contributed by atoms with Gasteiger partial charge in [0.2, 0.25) is 5.91 Å². The van der Waals surface area contributed by atoms with Crippen molar-refractivity contribution in [3.8, 4) is 0 Å². The molecule has 8 heteroatoms. The molecule has 2 aromatic rings. The average molecular weight is 430 g/mol. The third-order valence-electron chi connectivity index (χ3n) is 5.71. The molecule has 1 fully saturated rings. The summed E-state index contributed by atoms with van der Waals surface area (Å²) in [4.78, 5) is 24.8. The van der Waals surface area contributed by atoms with Crippen molar-refractivity contribution >= 4 is 23.6 Å². The predicted molar refractivity (Wildman–Crippen MR) is 118 cm³/mol. The molecular formula is C22H31N5O2S. The number of carbonyl (C=O) groups excluding carboxylic acids is 2. The molecule has 0 spiro atoms. The monoisotopic (exact) mass is 429 g/mol. The fraction of sp³-hybridized carbons (Fsp3) is 0.545. The maximum Gasteiger partial charge on any atom is 0.251 e. The topological polar surface area (TPSA) is 88.9 Å². The van der Waals surface area contributed by atoms with Crippen LogP contribution in [0.4, 0.5) is 0 Å². The van der Waals surface area contributed by atoms with E-state index < -0.39 is 0 Å². The van der Waals surface area contributed by atoms with Gasteiger partial charge in [0.05, 0.1) is 11.8 Å². The van der Waals surface area contributed by atoms with Crippen molar-refractivity contribution in [3.05, 3.63) is 41.2 Å². The normalized spacial score (nSPS) is 19.9. The van der Waals surface area contributed by atoms with Crippen LogP contribution in [-0.2, 0) is 11.8 Å². The van der Waals surface area contributed by atoms with Gasteiger partial charge in [-0.25, -0.2) is 0 Å². The highest BCUT2D eigenvalue weighted by atomic mass is 32.2. The Kier molecular flexibility index (Phi) is 7.53. The van der Waals surface area contributed by atoms with Gasteiger partial charge >= 0.3 is 0 Å². The number of benzene rings is 1. The lowest BCUT2D eigenvalue weighted by molar-refractivity contribution is -0.119. The van der Waals surface area contributed by atoms with Crippen LogP contribution in [0.2, 0.25) is 0 Å². The summed E-state index contributed by atoms with van der Waals surface area (Å²) in [5.41, 5.74) is 1.72. The first-order chi connectivity index (χ1) is 14.3. The second-order valence-corrected chi connectivity index (χ2v) is 9.13. The molecule has 0 aliphatic heterocycles. The molecule has 1 aromatic heterocycles. The third kappa shape index (κ3) is 5.62. The van der Waals surface area contributed by atoms with E-state index in [1.54, 1.807) is 12.1 Å². The number of rotatable bonds is 7. The van der Waals surface area contributed by atoms with Crippen molar-refractivity contribution in [1.29, 1.82) is 0 Å². The zero-order valence-corrected chi connectivity index (χ0v) is 19.0. The van der Waals surface area contributed by atoms with Gasteiger partial charge in [0.1, 0.15) is 0 Å². The molecule has 1 heterocycles. The number of hydrogen-bond acceptors (Lipinski definition) is 5. The number of nitrogens with zero attached hydrogens (tertiary/aromatic N) is 3. The fourth-order valence-corrected chi connectivity index (χ4v) is 4.52. The lowest BCUT2D eigenvalue weighted by Crippen LogP contribution is -2.41. The Hall–Kier alpha value is -2.35. The summed E-state index contributed by atoms with van der Waals surface area (Å²) in [7, 11) is 1.85. The molecule has 162 valence electrons. The maximum absolute atomic E-state index is 12.5. The highest BCUT2D eigenvalue weighted by molar-refractivity contribution is 7.99. The van der Waals surface area contributed by atoms with E-state index in [1.165, 1.54) is 31.0 Å². The first kappa shape index (κ1) is 22.3. The lowest BCUT2D eigenvalue weighted by atomic mass is 9.86. The van der Waals surface area contributed by atoms with Crippen molar-refractivity contribution in [1.82, 2.24) is 25.4 Å². The van der Waals surface area contributed by atoms with Crippen molar-refractivity contribution in [3.63, 3.8) is 0 Å². The van der Waals surface area contributed by atoms with Gasteiger partial charge in [-0.3, -0.25) is 9.59 Å². The number of aryl methyl sites for hydroxylation is 1. The standard InChI is InChI=1S/C22H31N5O2S/c1-14-9-11-17(12-10-14)21(29)23-16(3)20-25-26-22(27(20)4)30-13-19(28)24-18-8-6-5-7-15(18)2/h9-12,15-16,18H,5-8,13H2,1-4H3,(H,23,29)(H,24,28)/t15-,16+,18+/m0/s1. The lowest BCUT2D eigenvalue weighted by Gasteiger charge is -2.29. The Labute approximate surface area is 182 Å². The number of hydrogen-bond donors (Lipinski definition) is 2. The summed E-state index contributed by atoms with van der Waals surface area (Å²) < 4.78 is 1.83. The third-order valence-corrected chi connectivity index (χ3v) is 6.73. The minimum absolute atomic E-state index is 0.0315. The van der Waals surface area contributed by atoms with Crippen LogP contribution in [0.25, 0.3) is 0 Å². The molecule has 1 aliphatic carbocycles. The van der Waals surface area contributed by atoms with Crippen LogP contribution in [0.15, 0.2) is 29.4 Å². The molecule has 1 aliphatic rings. The molecular weight excluding hydrogens is 398 g/mol. The quantitative estimate of drug-likeness (QED) is 0.659. The molecule has 30 heavy (non-hydrogen) atoms. The van der Waals surface area contributed by atoms with Gasteiger partial charge in [-0.2, -0.15) is 0 Å². The number of aromatic nitrogens is 3.